The predicted molar refractivity (Wildman–Crippen MR) is 61.7 cm³/mol. The topological polar surface area (TPSA) is 82.5 Å². The molecular formula is C12H12N2O3. The number of carbonyl (C=O) groups excluding carboxylic acids is 1. The molecule has 0 radical (unpaired) electrons. The van der Waals surface area contributed by atoms with Crippen LogP contribution < -0.4 is 5.48 Å². The molecule has 0 aliphatic carbocycles. The van der Waals surface area contributed by atoms with Crippen LogP contribution in [0, 0.1) is 0 Å². The van der Waals surface area contributed by atoms with Crippen LogP contribution in [0.1, 0.15) is 12.1 Å². The van der Waals surface area contributed by atoms with Gasteiger partial charge in [-0.25, -0.2) is 10.5 Å². The van der Waals surface area contributed by atoms with Crippen molar-refractivity contribution in [1.29, 1.82) is 0 Å². The number of aromatic nitrogens is 1. The molecule has 5 heteroatoms. The lowest BCUT2D eigenvalue weighted by Gasteiger charge is -2.03. The van der Waals surface area contributed by atoms with Gasteiger partial charge in [0.1, 0.15) is 11.3 Å². The summed E-state index contributed by atoms with van der Waals surface area (Å²) in [5, 5.41) is 18.9. The molecule has 2 aromatic rings. The number of nitrogens with zero attached hydrogens (tertiary/aromatic N) is 1. The molecule has 0 saturated heterocycles. The van der Waals surface area contributed by atoms with Crippen LogP contribution in [0.3, 0.4) is 0 Å². The number of rotatable bonds is 3. The number of phenols is 1. The first-order chi connectivity index (χ1) is 8.20. The highest BCUT2D eigenvalue weighted by atomic mass is 16.5. The summed E-state index contributed by atoms with van der Waals surface area (Å²) in [6.07, 6.45) is 0.569. The summed E-state index contributed by atoms with van der Waals surface area (Å²) >= 11 is 0. The average molecular weight is 232 g/mol. The minimum Gasteiger partial charge on any atom is -0.506 e. The van der Waals surface area contributed by atoms with Crippen molar-refractivity contribution in [3.63, 3.8) is 0 Å². The third-order valence-corrected chi connectivity index (χ3v) is 2.49. The fourth-order valence-electron chi connectivity index (χ4n) is 1.61. The first-order valence-electron chi connectivity index (χ1n) is 5.21. The molecule has 0 spiro atoms. The van der Waals surface area contributed by atoms with Gasteiger partial charge in [-0.05, 0) is 18.6 Å². The molecule has 0 unspecified atom stereocenters. The highest BCUT2D eigenvalue weighted by Crippen LogP contribution is 2.22. The number of fused-ring (bicyclic) bond motifs is 1. The molecule has 0 aliphatic rings. The van der Waals surface area contributed by atoms with Crippen LogP contribution in [0.2, 0.25) is 0 Å². The SMILES string of the molecule is O=C(CCc1ccc2cccc(O)c2n1)NO. The van der Waals surface area contributed by atoms with Crippen LogP contribution in [-0.2, 0) is 11.2 Å². The van der Waals surface area contributed by atoms with E-state index >= 15 is 0 Å². The summed E-state index contributed by atoms with van der Waals surface area (Å²) < 4.78 is 0. The maximum absolute atomic E-state index is 10.9. The van der Waals surface area contributed by atoms with Gasteiger partial charge in [0, 0.05) is 17.5 Å². The minimum atomic E-state index is -0.454. The molecule has 3 N–H and O–H groups in total. The largest absolute Gasteiger partial charge is 0.506 e. The highest BCUT2D eigenvalue weighted by Gasteiger charge is 2.05. The normalized spacial score (nSPS) is 10.4. The first-order valence-corrected chi connectivity index (χ1v) is 5.21. The predicted octanol–water partition coefficient (Wildman–Crippen LogP) is 1.38. The van der Waals surface area contributed by atoms with Crippen LogP contribution in [0.25, 0.3) is 10.9 Å². The Labute approximate surface area is 97.7 Å². The van der Waals surface area contributed by atoms with E-state index in [0.29, 0.717) is 17.6 Å². The van der Waals surface area contributed by atoms with E-state index in [2.05, 4.69) is 4.98 Å². The zero-order valence-corrected chi connectivity index (χ0v) is 9.05. The maximum Gasteiger partial charge on any atom is 0.243 e. The van der Waals surface area contributed by atoms with E-state index in [1.165, 1.54) is 0 Å². The van der Waals surface area contributed by atoms with Gasteiger partial charge in [0.15, 0.2) is 0 Å². The van der Waals surface area contributed by atoms with E-state index in [-0.39, 0.29) is 12.2 Å². The number of carbonyl (C=O) groups is 1. The van der Waals surface area contributed by atoms with E-state index in [4.69, 9.17) is 5.21 Å². The summed E-state index contributed by atoms with van der Waals surface area (Å²) in [6.45, 7) is 0. The number of hydrogen-bond donors (Lipinski definition) is 3. The summed E-state index contributed by atoms with van der Waals surface area (Å²) in [5.74, 6) is -0.333. The number of hydrogen-bond acceptors (Lipinski definition) is 4. The van der Waals surface area contributed by atoms with Crippen LogP contribution >= 0.6 is 0 Å². The van der Waals surface area contributed by atoms with Gasteiger partial charge in [-0.3, -0.25) is 10.0 Å². The Kier molecular flexibility index (Phi) is 3.20. The van der Waals surface area contributed by atoms with Crippen molar-refractivity contribution in [3.8, 4) is 5.75 Å². The van der Waals surface area contributed by atoms with Gasteiger partial charge in [0.05, 0.1) is 0 Å². The van der Waals surface area contributed by atoms with E-state index in [1.807, 2.05) is 12.1 Å². The van der Waals surface area contributed by atoms with Gasteiger partial charge in [-0.2, -0.15) is 0 Å². The van der Waals surface area contributed by atoms with Gasteiger partial charge in [0.25, 0.3) is 0 Å². The molecule has 2 rings (SSSR count). The van der Waals surface area contributed by atoms with Gasteiger partial charge < -0.3 is 5.11 Å². The van der Waals surface area contributed by atoms with E-state index in [9.17, 15) is 9.90 Å². The van der Waals surface area contributed by atoms with Gasteiger partial charge in [-0.15, -0.1) is 0 Å². The minimum absolute atomic E-state index is 0.121. The van der Waals surface area contributed by atoms with Crippen molar-refractivity contribution in [2.75, 3.05) is 0 Å². The Hall–Kier alpha value is -2.14. The molecule has 0 atom stereocenters. The Bertz CT molecular complexity index is 554. The molecule has 17 heavy (non-hydrogen) atoms. The second kappa shape index (κ2) is 4.80. The Morgan fingerprint density at radius 3 is 2.88 bits per heavy atom. The third kappa shape index (κ3) is 2.51. The van der Waals surface area contributed by atoms with Crippen molar-refractivity contribution in [2.24, 2.45) is 0 Å². The molecule has 1 amide bonds. The quantitative estimate of drug-likeness (QED) is 0.551. The van der Waals surface area contributed by atoms with E-state index < -0.39 is 5.91 Å². The molecule has 0 fully saturated rings. The van der Waals surface area contributed by atoms with Gasteiger partial charge in [-0.1, -0.05) is 18.2 Å². The lowest BCUT2D eigenvalue weighted by Crippen LogP contribution is -2.18. The van der Waals surface area contributed by atoms with Crippen molar-refractivity contribution >= 4 is 16.8 Å². The van der Waals surface area contributed by atoms with Crippen LogP contribution in [0.5, 0.6) is 5.75 Å². The van der Waals surface area contributed by atoms with Crippen molar-refractivity contribution in [2.45, 2.75) is 12.8 Å². The number of hydroxylamine groups is 1. The van der Waals surface area contributed by atoms with Crippen molar-refractivity contribution in [3.05, 3.63) is 36.0 Å². The van der Waals surface area contributed by atoms with Gasteiger partial charge in [0.2, 0.25) is 5.91 Å². The molecule has 88 valence electrons. The number of aromatic hydroxyl groups is 1. The molecule has 1 aromatic carbocycles. The Balaban J connectivity index is 2.25. The van der Waals surface area contributed by atoms with Crippen molar-refractivity contribution < 1.29 is 15.1 Å². The van der Waals surface area contributed by atoms with E-state index in [1.54, 1.807) is 23.7 Å². The summed E-state index contributed by atoms with van der Waals surface area (Å²) in [4.78, 5) is 15.1. The molecule has 1 aromatic heterocycles. The standard InChI is InChI=1S/C12H12N2O3/c15-10-3-1-2-8-4-5-9(13-12(8)10)6-7-11(16)14-17/h1-5,15,17H,6-7H2,(H,14,16). The second-order valence-electron chi connectivity index (χ2n) is 3.69. The highest BCUT2D eigenvalue weighted by molar-refractivity contribution is 5.84. The van der Waals surface area contributed by atoms with Crippen LogP contribution in [0.15, 0.2) is 30.3 Å². The molecule has 0 saturated carbocycles. The number of benzene rings is 1. The summed E-state index contributed by atoms with van der Waals surface area (Å²) in [5.41, 5.74) is 2.79. The third-order valence-electron chi connectivity index (χ3n) is 2.49. The zero-order valence-electron chi connectivity index (χ0n) is 9.05. The molecule has 5 nitrogen and oxygen atoms in total. The smallest absolute Gasteiger partial charge is 0.243 e. The molecule has 0 aliphatic heterocycles. The number of phenolic OH excluding ortho intramolecular Hbond substituents is 1. The zero-order chi connectivity index (χ0) is 12.3. The molecular weight excluding hydrogens is 220 g/mol. The maximum atomic E-state index is 10.9. The van der Waals surface area contributed by atoms with Gasteiger partial charge >= 0.3 is 0 Å². The molecule has 1 heterocycles. The lowest BCUT2D eigenvalue weighted by atomic mass is 10.1. The lowest BCUT2D eigenvalue weighted by molar-refractivity contribution is -0.129. The fourth-order valence-corrected chi connectivity index (χ4v) is 1.61. The number of amides is 1. The van der Waals surface area contributed by atoms with E-state index in [0.717, 1.165) is 5.39 Å². The Morgan fingerprint density at radius 2 is 2.12 bits per heavy atom. The molecule has 0 bridgehead atoms. The number of nitrogens with one attached hydrogen (secondary N) is 1. The first kappa shape index (κ1) is 11.3. The Morgan fingerprint density at radius 1 is 1.29 bits per heavy atom. The second-order valence-corrected chi connectivity index (χ2v) is 3.69. The van der Waals surface area contributed by atoms with Crippen molar-refractivity contribution in [1.82, 2.24) is 10.5 Å². The van der Waals surface area contributed by atoms with Crippen LogP contribution in [-0.4, -0.2) is 21.2 Å². The fraction of sp³-hybridized carbons (Fsp3) is 0.167. The summed E-state index contributed by atoms with van der Waals surface area (Å²) in [7, 11) is 0. The monoisotopic (exact) mass is 232 g/mol. The number of aryl methyl sites for hydroxylation is 1. The number of pyridine rings is 1. The average Bonchev–Trinajstić information content (AvgIpc) is 2.36. The summed E-state index contributed by atoms with van der Waals surface area (Å²) in [6, 6.07) is 8.81. The number of para-hydroxylation sites is 1. The van der Waals surface area contributed by atoms with Crippen LogP contribution in [0.4, 0.5) is 0 Å².